The summed E-state index contributed by atoms with van der Waals surface area (Å²) in [6.45, 7) is 9.95. The van der Waals surface area contributed by atoms with Gasteiger partial charge < -0.3 is 10.2 Å². The number of piperidine rings is 1. The Morgan fingerprint density at radius 2 is 1.87 bits per heavy atom. The summed E-state index contributed by atoms with van der Waals surface area (Å²) in [5.74, 6) is 0.364. The van der Waals surface area contributed by atoms with Crippen LogP contribution in [-0.4, -0.2) is 29.8 Å². The van der Waals surface area contributed by atoms with E-state index in [9.17, 15) is 9.59 Å². The minimum atomic E-state index is 0.0250. The molecule has 4 heteroatoms. The molecule has 0 aromatic heterocycles. The summed E-state index contributed by atoms with van der Waals surface area (Å²) in [5, 5.41) is 3.05. The molecule has 0 saturated carbocycles. The molecule has 0 spiro atoms. The quantitative estimate of drug-likeness (QED) is 0.928. The lowest BCUT2D eigenvalue weighted by Crippen LogP contribution is -2.44. The van der Waals surface area contributed by atoms with Gasteiger partial charge in [-0.1, -0.05) is 37.6 Å². The molecule has 1 saturated heterocycles. The van der Waals surface area contributed by atoms with Crippen LogP contribution in [0.2, 0.25) is 0 Å². The zero-order valence-electron chi connectivity index (χ0n) is 14.7. The Bertz CT molecular complexity index is 573. The largest absolute Gasteiger partial charge is 0.352 e. The van der Waals surface area contributed by atoms with Gasteiger partial charge in [0.1, 0.15) is 0 Å². The van der Waals surface area contributed by atoms with Crippen LogP contribution in [0.25, 0.3) is 0 Å². The summed E-state index contributed by atoms with van der Waals surface area (Å²) in [7, 11) is 0. The molecule has 0 atom stereocenters. The number of carbonyl (C=O) groups is 2. The second-order valence-electron chi connectivity index (χ2n) is 6.90. The van der Waals surface area contributed by atoms with E-state index in [1.165, 1.54) is 11.1 Å². The molecule has 0 radical (unpaired) electrons. The lowest BCUT2D eigenvalue weighted by molar-refractivity contribution is -0.138. The van der Waals surface area contributed by atoms with Gasteiger partial charge in [-0.25, -0.2) is 0 Å². The molecule has 23 heavy (non-hydrogen) atoms. The zero-order chi connectivity index (χ0) is 17.0. The van der Waals surface area contributed by atoms with Crippen molar-refractivity contribution in [3.05, 3.63) is 34.9 Å². The smallest absolute Gasteiger partial charge is 0.225 e. The highest BCUT2D eigenvalue weighted by Gasteiger charge is 2.28. The molecule has 1 aliphatic rings. The zero-order valence-corrected chi connectivity index (χ0v) is 14.7. The van der Waals surface area contributed by atoms with E-state index in [1.807, 2.05) is 18.7 Å². The molecule has 4 nitrogen and oxygen atoms in total. The van der Waals surface area contributed by atoms with E-state index in [-0.39, 0.29) is 23.7 Å². The molecular formula is C19H28N2O2. The molecule has 126 valence electrons. The van der Waals surface area contributed by atoms with Crippen molar-refractivity contribution >= 4 is 11.8 Å². The molecule has 0 aliphatic carbocycles. The summed E-state index contributed by atoms with van der Waals surface area (Å²) in [5.41, 5.74) is 3.61. The maximum absolute atomic E-state index is 12.3. The van der Waals surface area contributed by atoms with Crippen molar-refractivity contribution in [1.29, 1.82) is 0 Å². The van der Waals surface area contributed by atoms with Crippen LogP contribution in [0.3, 0.4) is 0 Å². The third-order valence-corrected chi connectivity index (χ3v) is 4.62. The summed E-state index contributed by atoms with van der Waals surface area (Å²) >= 11 is 0. The van der Waals surface area contributed by atoms with Gasteiger partial charge in [0.25, 0.3) is 0 Å². The third kappa shape index (κ3) is 4.57. The molecular weight excluding hydrogens is 288 g/mol. The van der Waals surface area contributed by atoms with Gasteiger partial charge in [-0.3, -0.25) is 9.59 Å². The second kappa shape index (κ2) is 7.62. The molecule has 1 fully saturated rings. The Hall–Kier alpha value is -1.84. The molecule has 1 N–H and O–H groups in total. The minimum absolute atomic E-state index is 0.0250. The minimum Gasteiger partial charge on any atom is -0.352 e. The summed E-state index contributed by atoms with van der Waals surface area (Å²) in [6.07, 6.45) is 1.52. The van der Waals surface area contributed by atoms with Crippen molar-refractivity contribution in [2.24, 2.45) is 11.8 Å². The fourth-order valence-electron chi connectivity index (χ4n) is 3.10. The molecule has 2 amide bonds. The summed E-state index contributed by atoms with van der Waals surface area (Å²) in [4.78, 5) is 26.2. The number of hydrogen-bond acceptors (Lipinski definition) is 2. The SMILES string of the molecule is Cc1ccc(CNC(=O)C2CCN(C(=O)C(C)C)CC2)c(C)c1. The van der Waals surface area contributed by atoms with E-state index in [0.29, 0.717) is 19.6 Å². The molecule has 2 rings (SSSR count). The Kier molecular flexibility index (Phi) is 5.80. The number of rotatable bonds is 4. The Balaban J connectivity index is 1.82. The second-order valence-corrected chi connectivity index (χ2v) is 6.90. The van der Waals surface area contributed by atoms with Crippen molar-refractivity contribution in [3.63, 3.8) is 0 Å². The first-order chi connectivity index (χ1) is 10.9. The first kappa shape index (κ1) is 17.5. The van der Waals surface area contributed by atoms with E-state index in [0.717, 1.165) is 18.4 Å². The molecule has 1 heterocycles. The van der Waals surface area contributed by atoms with Crippen LogP contribution in [0.15, 0.2) is 18.2 Å². The number of nitrogens with zero attached hydrogens (tertiary/aromatic N) is 1. The highest BCUT2D eigenvalue weighted by molar-refractivity contribution is 5.80. The van der Waals surface area contributed by atoms with Crippen LogP contribution in [-0.2, 0) is 16.1 Å². The van der Waals surface area contributed by atoms with Crippen LogP contribution in [0, 0.1) is 25.7 Å². The Labute approximate surface area is 139 Å². The van der Waals surface area contributed by atoms with Crippen LogP contribution >= 0.6 is 0 Å². The highest BCUT2D eigenvalue weighted by atomic mass is 16.2. The van der Waals surface area contributed by atoms with E-state index in [2.05, 4.69) is 37.4 Å². The number of benzene rings is 1. The standard InChI is InChI=1S/C19H28N2O2/c1-13(2)19(23)21-9-7-16(8-10-21)18(22)20-12-17-6-5-14(3)11-15(17)4/h5-6,11,13,16H,7-10,12H2,1-4H3,(H,20,22). The lowest BCUT2D eigenvalue weighted by Gasteiger charge is -2.32. The van der Waals surface area contributed by atoms with Crippen LogP contribution in [0.5, 0.6) is 0 Å². The molecule has 1 aliphatic heterocycles. The average molecular weight is 316 g/mol. The fraction of sp³-hybridized carbons (Fsp3) is 0.579. The number of aryl methyl sites for hydroxylation is 2. The molecule has 0 bridgehead atoms. The van der Waals surface area contributed by atoms with Gasteiger partial charge in [0, 0.05) is 31.5 Å². The van der Waals surface area contributed by atoms with E-state index in [1.54, 1.807) is 0 Å². The van der Waals surface area contributed by atoms with Crippen molar-refractivity contribution in [3.8, 4) is 0 Å². The first-order valence-corrected chi connectivity index (χ1v) is 8.51. The monoisotopic (exact) mass is 316 g/mol. The predicted octanol–water partition coefficient (Wildman–Crippen LogP) is 2.81. The Morgan fingerprint density at radius 1 is 1.22 bits per heavy atom. The van der Waals surface area contributed by atoms with Crippen LogP contribution in [0.4, 0.5) is 0 Å². The predicted molar refractivity (Wildman–Crippen MR) is 91.9 cm³/mol. The molecule has 1 aromatic rings. The van der Waals surface area contributed by atoms with Crippen molar-refractivity contribution < 1.29 is 9.59 Å². The summed E-state index contributed by atoms with van der Waals surface area (Å²) < 4.78 is 0. The van der Waals surface area contributed by atoms with E-state index < -0.39 is 0 Å². The van der Waals surface area contributed by atoms with Gasteiger partial charge >= 0.3 is 0 Å². The van der Waals surface area contributed by atoms with Crippen molar-refractivity contribution in [2.45, 2.75) is 47.1 Å². The van der Waals surface area contributed by atoms with E-state index >= 15 is 0 Å². The van der Waals surface area contributed by atoms with Gasteiger partial charge in [0.05, 0.1) is 0 Å². The summed E-state index contributed by atoms with van der Waals surface area (Å²) in [6, 6.07) is 6.29. The topological polar surface area (TPSA) is 49.4 Å². The highest BCUT2D eigenvalue weighted by Crippen LogP contribution is 2.19. The lowest BCUT2D eigenvalue weighted by atomic mass is 9.95. The van der Waals surface area contributed by atoms with Gasteiger partial charge in [-0.05, 0) is 37.8 Å². The van der Waals surface area contributed by atoms with Gasteiger partial charge in [-0.2, -0.15) is 0 Å². The van der Waals surface area contributed by atoms with Gasteiger partial charge in [0.15, 0.2) is 0 Å². The maximum Gasteiger partial charge on any atom is 0.225 e. The average Bonchev–Trinajstić information content (AvgIpc) is 2.53. The number of hydrogen-bond donors (Lipinski definition) is 1. The van der Waals surface area contributed by atoms with E-state index in [4.69, 9.17) is 0 Å². The fourth-order valence-corrected chi connectivity index (χ4v) is 3.10. The van der Waals surface area contributed by atoms with Crippen molar-refractivity contribution in [2.75, 3.05) is 13.1 Å². The van der Waals surface area contributed by atoms with Crippen LogP contribution in [0.1, 0.15) is 43.4 Å². The normalized spacial score (nSPS) is 15.8. The van der Waals surface area contributed by atoms with Gasteiger partial charge in [-0.15, -0.1) is 0 Å². The van der Waals surface area contributed by atoms with Crippen molar-refractivity contribution in [1.82, 2.24) is 10.2 Å². The first-order valence-electron chi connectivity index (χ1n) is 8.51. The maximum atomic E-state index is 12.3. The number of amides is 2. The molecule has 0 unspecified atom stereocenters. The van der Waals surface area contributed by atoms with Gasteiger partial charge in [0.2, 0.25) is 11.8 Å². The van der Waals surface area contributed by atoms with Crippen LogP contribution < -0.4 is 5.32 Å². The number of carbonyl (C=O) groups excluding carboxylic acids is 2. The molecule has 1 aromatic carbocycles. The number of likely N-dealkylation sites (tertiary alicyclic amines) is 1. The number of nitrogens with one attached hydrogen (secondary N) is 1. The Morgan fingerprint density at radius 3 is 2.43 bits per heavy atom. The third-order valence-electron chi connectivity index (χ3n) is 4.62.